The molecule has 2 fully saturated rings. The van der Waals surface area contributed by atoms with Crippen molar-refractivity contribution in [3.05, 3.63) is 88.0 Å². The molecule has 40 heavy (non-hydrogen) atoms. The summed E-state index contributed by atoms with van der Waals surface area (Å²) in [6.45, 7) is 7.04. The zero-order valence-corrected chi connectivity index (χ0v) is 24.1. The van der Waals surface area contributed by atoms with E-state index in [1.54, 1.807) is 7.11 Å². The van der Waals surface area contributed by atoms with E-state index in [4.69, 9.17) is 14.6 Å². The molecule has 2 saturated carbocycles. The highest BCUT2D eigenvalue weighted by atomic mass is 16.5. The first-order valence-corrected chi connectivity index (χ1v) is 14.7. The summed E-state index contributed by atoms with van der Waals surface area (Å²) >= 11 is 0. The summed E-state index contributed by atoms with van der Waals surface area (Å²) in [4.78, 5) is 0. The lowest BCUT2D eigenvalue weighted by atomic mass is 9.55. The molecule has 0 heterocycles. The van der Waals surface area contributed by atoms with Crippen LogP contribution in [0.25, 0.3) is 0 Å². The Balaban J connectivity index is 1.17. The summed E-state index contributed by atoms with van der Waals surface area (Å²) in [7, 11) is 1.69. The molecule has 0 spiro atoms. The van der Waals surface area contributed by atoms with Crippen LogP contribution >= 0.6 is 0 Å². The molecule has 4 atom stereocenters. The maximum absolute atomic E-state index is 9.97. The molecule has 1 N–H and O–H groups in total. The summed E-state index contributed by atoms with van der Waals surface area (Å²) in [6.07, 6.45) is 8.69. The molecule has 5 heteroatoms. The van der Waals surface area contributed by atoms with Crippen molar-refractivity contribution < 1.29 is 14.6 Å². The van der Waals surface area contributed by atoms with Gasteiger partial charge in [0.2, 0.25) is 0 Å². The van der Waals surface area contributed by atoms with Gasteiger partial charge in [0.05, 0.1) is 13.3 Å². The summed E-state index contributed by atoms with van der Waals surface area (Å²) in [5, 5.41) is 19.4. The fourth-order valence-corrected chi connectivity index (χ4v) is 7.71. The van der Waals surface area contributed by atoms with Gasteiger partial charge in [-0.1, -0.05) is 25.1 Å². The molecule has 3 aliphatic carbocycles. The molecule has 0 aromatic heterocycles. The Morgan fingerprint density at radius 2 is 1.88 bits per heavy atom. The van der Waals surface area contributed by atoms with Gasteiger partial charge in [-0.2, -0.15) is 10.2 Å². The number of rotatable bonds is 6. The molecule has 0 amide bonds. The smallest absolute Gasteiger partial charge is 0.125 e. The molecule has 0 bridgehead atoms. The van der Waals surface area contributed by atoms with Crippen LogP contribution in [0, 0.1) is 31.1 Å². The van der Waals surface area contributed by atoms with Crippen molar-refractivity contribution in [2.45, 2.75) is 71.8 Å². The van der Waals surface area contributed by atoms with Gasteiger partial charge in [-0.15, -0.1) is 0 Å². The maximum Gasteiger partial charge on any atom is 0.125 e. The minimum atomic E-state index is 0.123. The normalized spacial score (nSPS) is 26.4. The molecule has 5 nitrogen and oxygen atoms in total. The van der Waals surface area contributed by atoms with E-state index in [0.29, 0.717) is 30.1 Å². The third-order valence-corrected chi connectivity index (χ3v) is 10.1. The number of hydrogen-bond acceptors (Lipinski definition) is 5. The van der Waals surface area contributed by atoms with Gasteiger partial charge in [-0.05, 0) is 134 Å². The quantitative estimate of drug-likeness (QED) is 0.257. The number of benzene rings is 3. The maximum atomic E-state index is 9.97. The topological polar surface area (TPSA) is 63.4 Å². The number of methoxy groups -OCH3 is 1. The second-order valence-corrected chi connectivity index (χ2v) is 12.1. The highest BCUT2D eigenvalue weighted by Crippen LogP contribution is 2.60. The Kier molecular flexibility index (Phi) is 7.16. The van der Waals surface area contributed by atoms with E-state index in [0.717, 1.165) is 47.5 Å². The average molecular weight is 537 g/mol. The zero-order valence-electron chi connectivity index (χ0n) is 24.1. The Morgan fingerprint density at radius 1 is 1.00 bits per heavy atom. The summed E-state index contributed by atoms with van der Waals surface area (Å²) < 4.78 is 11.8. The van der Waals surface area contributed by atoms with E-state index in [2.05, 4.69) is 44.1 Å². The molecule has 0 aliphatic heterocycles. The lowest BCUT2D eigenvalue weighted by molar-refractivity contribution is 0.0955. The van der Waals surface area contributed by atoms with Gasteiger partial charge in [-0.25, -0.2) is 0 Å². The van der Waals surface area contributed by atoms with Crippen LogP contribution < -0.4 is 9.47 Å². The summed E-state index contributed by atoms with van der Waals surface area (Å²) in [5.74, 6) is 4.04. The number of aromatic hydroxyl groups is 1. The van der Waals surface area contributed by atoms with Gasteiger partial charge in [0, 0.05) is 16.7 Å². The summed E-state index contributed by atoms with van der Waals surface area (Å²) in [6, 6.07) is 18.2. The van der Waals surface area contributed by atoms with Crippen LogP contribution in [-0.4, -0.2) is 24.1 Å². The lowest BCUT2D eigenvalue weighted by Gasteiger charge is -2.49. The molecular weight excluding hydrogens is 496 g/mol. The second kappa shape index (κ2) is 10.8. The molecule has 3 aromatic rings. The number of nitrogens with zero attached hydrogens (tertiary/aromatic N) is 2. The second-order valence-electron chi connectivity index (χ2n) is 12.1. The van der Waals surface area contributed by atoms with E-state index < -0.39 is 0 Å². The number of hydrogen-bond donors (Lipinski definition) is 1. The molecule has 0 saturated heterocycles. The molecule has 208 valence electrons. The SMILES string of the molecule is COc1ccc(/C=N\N=C2\CC[C@@H]3[C@@H]4CCc5cc(O)ccc5[C@H]4CC[C@]23C)cc1COc1cccc(C)c1C. The lowest BCUT2D eigenvalue weighted by Crippen LogP contribution is -2.42. The first-order valence-electron chi connectivity index (χ1n) is 14.7. The Bertz CT molecular complexity index is 1480. The van der Waals surface area contributed by atoms with E-state index in [1.807, 2.05) is 42.6 Å². The Labute approximate surface area is 238 Å². The van der Waals surface area contributed by atoms with Crippen LogP contribution in [0.1, 0.15) is 78.3 Å². The fourth-order valence-electron chi connectivity index (χ4n) is 7.71. The van der Waals surface area contributed by atoms with Crippen molar-refractivity contribution in [1.29, 1.82) is 0 Å². The first-order chi connectivity index (χ1) is 19.4. The van der Waals surface area contributed by atoms with E-state index >= 15 is 0 Å². The van der Waals surface area contributed by atoms with Gasteiger partial charge >= 0.3 is 0 Å². The molecule has 6 rings (SSSR count). The van der Waals surface area contributed by atoms with Gasteiger partial charge in [-0.3, -0.25) is 0 Å². The predicted octanol–water partition coefficient (Wildman–Crippen LogP) is 7.93. The van der Waals surface area contributed by atoms with Gasteiger partial charge in [0.25, 0.3) is 0 Å². The van der Waals surface area contributed by atoms with Gasteiger partial charge in [0.1, 0.15) is 23.9 Å². The van der Waals surface area contributed by atoms with Crippen molar-refractivity contribution >= 4 is 11.9 Å². The van der Waals surface area contributed by atoms with Crippen molar-refractivity contribution in [3.63, 3.8) is 0 Å². The van der Waals surface area contributed by atoms with Crippen LogP contribution in [0.3, 0.4) is 0 Å². The van der Waals surface area contributed by atoms with Gasteiger partial charge in [0.15, 0.2) is 0 Å². The van der Waals surface area contributed by atoms with Crippen LogP contribution in [0.5, 0.6) is 17.2 Å². The Hall–Kier alpha value is -3.60. The first kappa shape index (κ1) is 26.6. The van der Waals surface area contributed by atoms with Crippen molar-refractivity contribution in [2.75, 3.05) is 7.11 Å². The number of phenols is 1. The monoisotopic (exact) mass is 536 g/mol. The van der Waals surface area contributed by atoms with Crippen molar-refractivity contribution in [1.82, 2.24) is 0 Å². The zero-order chi connectivity index (χ0) is 27.9. The minimum Gasteiger partial charge on any atom is -0.508 e. The van der Waals surface area contributed by atoms with Crippen LogP contribution in [0.4, 0.5) is 0 Å². The molecule has 0 radical (unpaired) electrons. The molecule has 0 unspecified atom stereocenters. The number of fused-ring (bicyclic) bond motifs is 5. The van der Waals surface area contributed by atoms with Gasteiger partial charge < -0.3 is 14.6 Å². The minimum absolute atomic E-state index is 0.123. The molecular formula is C35H40N2O3. The molecule has 3 aliphatic rings. The Morgan fingerprint density at radius 3 is 2.73 bits per heavy atom. The fraction of sp³-hybridized carbons (Fsp3) is 0.429. The van der Waals surface area contributed by atoms with Crippen molar-refractivity contribution in [3.8, 4) is 17.2 Å². The number of ether oxygens (including phenoxy) is 2. The van der Waals surface area contributed by atoms with Crippen LogP contribution in [-0.2, 0) is 13.0 Å². The summed E-state index contributed by atoms with van der Waals surface area (Å²) in [5.41, 5.74) is 8.54. The average Bonchev–Trinajstić information content (AvgIpc) is 3.29. The third kappa shape index (κ3) is 4.80. The highest BCUT2D eigenvalue weighted by Gasteiger charge is 2.53. The van der Waals surface area contributed by atoms with E-state index in [1.165, 1.54) is 41.7 Å². The van der Waals surface area contributed by atoms with Crippen LogP contribution in [0.2, 0.25) is 0 Å². The number of phenolic OH excluding ortho intramolecular Hbond substituents is 1. The predicted molar refractivity (Wildman–Crippen MR) is 161 cm³/mol. The third-order valence-electron chi connectivity index (χ3n) is 10.1. The molecule has 3 aromatic carbocycles. The number of aryl methyl sites for hydroxylation is 2. The van der Waals surface area contributed by atoms with E-state index in [-0.39, 0.29) is 5.41 Å². The van der Waals surface area contributed by atoms with Crippen molar-refractivity contribution in [2.24, 2.45) is 27.5 Å². The van der Waals surface area contributed by atoms with Crippen LogP contribution in [0.15, 0.2) is 64.8 Å². The highest BCUT2D eigenvalue weighted by molar-refractivity contribution is 5.93. The largest absolute Gasteiger partial charge is 0.508 e. The standard InChI is InChI=1S/C35H40N2O3/c1-22-6-5-7-32(23(22)2)40-21-26-18-24(8-14-33(26)39-4)20-36-37-34-15-13-31-30-11-9-25-19-27(38)10-12-28(25)29(30)16-17-35(31,34)3/h5-8,10,12,14,18-20,29-31,38H,9,11,13,15-17,21H2,1-4H3/b36-20-,37-34-/t29-,30-,31-,35+/m1/s1. The van der Waals surface area contributed by atoms with E-state index in [9.17, 15) is 5.11 Å².